The lowest BCUT2D eigenvalue weighted by Crippen LogP contribution is -2.31. The molecule has 1 aromatic heterocycles. The summed E-state index contributed by atoms with van der Waals surface area (Å²) >= 11 is 17.4. The van der Waals surface area contributed by atoms with Crippen molar-refractivity contribution in [3.8, 4) is 0 Å². The van der Waals surface area contributed by atoms with Gasteiger partial charge in [0.2, 0.25) is 0 Å². The number of aromatic amines is 1. The third-order valence-electron chi connectivity index (χ3n) is 2.83. The smallest absolute Gasteiger partial charge is 0.178 e. The maximum absolute atomic E-state index is 6.07. The Balaban J connectivity index is 2.75. The second kappa shape index (κ2) is 4.85. The van der Waals surface area contributed by atoms with Crippen molar-refractivity contribution in [3.05, 3.63) is 26.9 Å². The van der Waals surface area contributed by atoms with Crippen molar-refractivity contribution in [2.24, 2.45) is 0 Å². The Morgan fingerprint density at radius 2 is 1.94 bits per heavy atom. The maximum atomic E-state index is 6.07. The first kappa shape index (κ1) is 13.9. The van der Waals surface area contributed by atoms with E-state index in [0.717, 1.165) is 11.0 Å². The number of ether oxygens (including phenoxy) is 1. The van der Waals surface area contributed by atoms with Gasteiger partial charge in [-0.1, -0.05) is 23.2 Å². The average Bonchev–Trinajstić information content (AvgIpc) is 2.55. The van der Waals surface area contributed by atoms with E-state index in [2.05, 4.69) is 18.8 Å². The lowest BCUT2D eigenvalue weighted by atomic mass is 10.1. The molecule has 98 valence electrons. The fourth-order valence-electron chi connectivity index (χ4n) is 2.12. The summed E-state index contributed by atoms with van der Waals surface area (Å²) in [5.41, 5.74) is 1.54. The highest BCUT2D eigenvalue weighted by atomic mass is 35.5. The Kier molecular flexibility index (Phi) is 3.74. The van der Waals surface area contributed by atoms with Crippen LogP contribution in [0, 0.1) is 4.77 Å². The highest BCUT2D eigenvalue weighted by Crippen LogP contribution is 2.30. The first-order valence-corrected chi connectivity index (χ1v) is 6.62. The lowest BCUT2D eigenvalue weighted by Gasteiger charge is -2.26. The van der Waals surface area contributed by atoms with Gasteiger partial charge in [-0.2, -0.15) is 0 Å². The molecule has 1 aromatic carbocycles. The zero-order valence-corrected chi connectivity index (χ0v) is 12.7. The third-order valence-corrected chi connectivity index (χ3v) is 3.83. The number of halogens is 2. The normalized spacial score (nSPS) is 12.3. The summed E-state index contributed by atoms with van der Waals surface area (Å²) in [7, 11) is 1.67. The molecule has 0 spiro atoms. The molecular formula is C12H14Cl2N2OS. The number of nitrogens with one attached hydrogen (secondary N) is 1. The molecule has 0 saturated carbocycles. The molecule has 0 aliphatic rings. The summed E-state index contributed by atoms with van der Waals surface area (Å²) in [4.78, 5) is 3.14. The molecular weight excluding hydrogens is 291 g/mol. The minimum Gasteiger partial charge on any atom is -0.382 e. The zero-order chi connectivity index (χ0) is 13.5. The van der Waals surface area contributed by atoms with Crippen molar-refractivity contribution in [3.63, 3.8) is 0 Å². The van der Waals surface area contributed by atoms with Crippen LogP contribution in [0.15, 0.2) is 12.1 Å². The molecule has 3 nitrogen and oxygen atoms in total. The molecule has 18 heavy (non-hydrogen) atoms. The number of rotatable bonds is 3. The molecule has 0 saturated heterocycles. The quantitative estimate of drug-likeness (QED) is 0.853. The number of H-pyrrole nitrogens is 1. The molecule has 0 amide bonds. The number of imidazole rings is 1. The summed E-state index contributed by atoms with van der Waals surface area (Å²) in [5, 5.41) is 1.03. The molecule has 0 aliphatic heterocycles. The topological polar surface area (TPSA) is 29.9 Å². The summed E-state index contributed by atoms with van der Waals surface area (Å²) in [6, 6.07) is 3.61. The molecule has 2 rings (SSSR count). The minimum atomic E-state index is -0.263. The molecule has 0 bridgehead atoms. The number of nitrogens with zero attached hydrogens (tertiary/aromatic N) is 1. The van der Waals surface area contributed by atoms with Crippen LogP contribution in [-0.2, 0) is 10.3 Å². The predicted molar refractivity (Wildman–Crippen MR) is 78.3 cm³/mol. The number of hydrogen-bond donors (Lipinski definition) is 1. The monoisotopic (exact) mass is 304 g/mol. The van der Waals surface area contributed by atoms with Gasteiger partial charge in [-0.05, 0) is 38.2 Å². The van der Waals surface area contributed by atoms with E-state index in [1.54, 1.807) is 13.2 Å². The Morgan fingerprint density at radius 1 is 1.33 bits per heavy atom. The van der Waals surface area contributed by atoms with Crippen molar-refractivity contribution in [2.45, 2.75) is 19.4 Å². The standard InChI is InChI=1S/C12H14Cl2N2OS/c1-12(2,6-17-3)16-10-5-8(14)7(13)4-9(10)15-11(16)18/h4-5H,6H2,1-3H3,(H,15,18). The minimum absolute atomic E-state index is 0.263. The highest BCUT2D eigenvalue weighted by molar-refractivity contribution is 7.71. The van der Waals surface area contributed by atoms with E-state index in [9.17, 15) is 0 Å². The number of aromatic nitrogens is 2. The maximum Gasteiger partial charge on any atom is 0.178 e. The fraction of sp³-hybridized carbons (Fsp3) is 0.417. The van der Waals surface area contributed by atoms with Crippen LogP contribution in [0.2, 0.25) is 10.0 Å². The van der Waals surface area contributed by atoms with Crippen LogP contribution in [0.5, 0.6) is 0 Å². The SMILES string of the molecule is COCC(C)(C)n1c(=S)[nH]c2cc(Cl)c(Cl)cc21. The molecule has 0 atom stereocenters. The molecule has 1 heterocycles. The largest absolute Gasteiger partial charge is 0.382 e. The Hall–Kier alpha value is -0.550. The molecule has 0 aliphatic carbocycles. The Bertz CT molecular complexity index is 645. The summed E-state index contributed by atoms with van der Waals surface area (Å²) < 4.78 is 7.88. The van der Waals surface area contributed by atoms with Gasteiger partial charge in [0.05, 0.1) is 33.2 Å². The van der Waals surface area contributed by atoms with Crippen LogP contribution < -0.4 is 0 Å². The first-order valence-electron chi connectivity index (χ1n) is 5.46. The van der Waals surface area contributed by atoms with Crippen LogP contribution in [0.4, 0.5) is 0 Å². The molecule has 2 aromatic rings. The molecule has 0 fully saturated rings. The Morgan fingerprint density at radius 3 is 2.56 bits per heavy atom. The van der Waals surface area contributed by atoms with Crippen molar-refractivity contribution < 1.29 is 4.74 Å². The summed E-state index contributed by atoms with van der Waals surface area (Å²) in [6.07, 6.45) is 0. The van der Waals surface area contributed by atoms with E-state index in [1.165, 1.54) is 0 Å². The van der Waals surface area contributed by atoms with Gasteiger partial charge in [0, 0.05) is 7.11 Å². The van der Waals surface area contributed by atoms with Crippen molar-refractivity contribution in [2.75, 3.05) is 13.7 Å². The van der Waals surface area contributed by atoms with Gasteiger partial charge in [-0.15, -0.1) is 0 Å². The van der Waals surface area contributed by atoms with E-state index >= 15 is 0 Å². The fourth-order valence-corrected chi connectivity index (χ4v) is 2.90. The van der Waals surface area contributed by atoms with E-state index in [0.29, 0.717) is 21.4 Å². The molecule has 0 radical (unpaired) electrons. The van der Waals surface area contributed by atoms with Crippen LogP contribution >= 0.6 is 35.4 Å². The molecule has 6 heteroatoms. The Labute approximate surface area is 121 Å². The second-order valence-electron chi connectivity index (χ2n) is 4.79. The van der Waals surface area contributed by atoms with Gasteiger partial charge in [0.25, 0.3) is 0 Å². The molecule has 1 N–H and O–H groups in total. The van der Waals surface area contributed by atoms with Crippen molar-refractivity contribution >= 4 is 46.5 Å². The van der Waals surface area contributed by atoms with E-state index < -0.39 is 0 Å². The summed E-state index contributed by atoms with van der Waals surface area (Å²) in [5.74, 6) is 0. The average molecular weight is 305 g/mol. The van der Waals surface area contributed by atoms with Gasteiger partial charge < -0.3 is 14.3 Å². The van der Waals surface area contributed by atoms with Gasteiger partial charge in [-0.3, -0.25) is 0 Å². The zero-order valence-electron chi connectivity index (χ0n) is 10.4. The number of methoxy groups -OCH3 is 1. The van der Waals surface area contributed by atoms with Gasteiger partial charge >= 0.3 is 0 Å². The van der Waals surface area contributed by atoms with Crippen LogP contribution in [0.3, 0.4) is 0 Å². The summed E-state index contributed by atoms with van der Waals surface area (Å²) in [6.45, 7) is 4.67. The number of fused-ring (bicyclic) bond motifs is 1. The van der Waals surface area contributed by atoms with Crippen LogP contribution in [0.1, 0.15) is 13.8 Å². The lowest BCUT2D eigenvalue weighted by molar-refractivity contribution is 0.111. The second-order valence-corrected chi connectivity index (χ2v) is 6.00. The van der Waals surface area contributed by atoms with E-state index in [4.69, 9.17) is 40.2 Å². The van der Waals surface area contributed by atoms with Crippen LogP contribution in [-0.4, -0.2) is 23.3 Å². The van der Waals surface area contributed by atoms with Gasteiger partial charge in [-0.25, -0.2) is 0 Å². The molecule has 0 unspecified atom stereocenters. The predicted octanol–water partition coefficient (Wildman–Crippen LogP) is 4.39. The van der Waals surface area contributed by atoms with E-state index in [1.807, 2.05) is 10.6 Å². The van der Waals surface area contributed by atoms with Crippen LogP contribution in [0.25, 0.3) is 11.0 Å². The van der Waals surface area contributed by atoms with E-state index in [-0.39, 0.29) is 5.54 Å². The van der Waals surface area contributed by atoms with Gasteiger partial charge in [0.15, 0.2) is 4.77 Å². The highest BCUT2D eigenvalue weighted by Gasteiger charge is 2.24. The number of hydrogen-bond acceptors (Lipinski definition) is 2. The number of benzene rings is 1. The first-order chi connectivity index (χ1) is 8.36. The third kappa shape index (κ3) is 2.30. The van der Waals surface area contributed by atoms with Gasteiger partial charge in [0.1, 0.15) is 0 Å². The van der Waals surface area contributed by atoms with Crippen molar-refractivity contribution in [1.82, 2.24) is 9.55 Å². The van der Waals surface area contributed by atoms with Crippen molar-refractivity contribution in [1.29, 1.82) is 0 Å².